The van der Waals surface area contributed by atoms with Crippen molar-refractivity contribution in [2.75, 3.05) is 10.0 Å². The molecule has 9 heteroatoms. The van der Waals surface area contributed by atoms with Gasteiger partial charge in [-0.15, -0.1) is 0 Å². The van der Waals surface area contributed by atoms with Crippen LogP contribution >= 0.6 is 0 Å². The molecule has 2 heterocycles. The third-order valence-electron chi connectivity index (χ3n) is 5.01. The highest BCUT2D eigenvalue weighted by Gasteiger charge is 2.17. The third-order valence-corrected chi connectivity index (χ3v) is 6.45. The highest BCUT2D eigenvalue weighted by Crippen LogP contribution is 2.26. The molecular weight excluding hydrogens is 436 g/mol. The standard InChI is InChI=1S/C24H20N6O2S/c1-17-26-23(16-24(27-17)30-15-5-14-25-30)28-19-10-12-20(13-11-19)29-33(31,32)22-9-4-7-18-6-2-3-8-21(18)22/h2-16,29H,1H3,(H,26,27,28). The predicted octanol–water partition coefficient (Wildman–Crippen LogP) is 4.67. The number of hydrogen-bond acceptors (Lipinski definition) is 6. The average Bonchev–Trinajstić information content (AvgIpc) is 3.35. The number of sulfonamides is 1. The Morgan fingerprint density at radius 2 is 1.61 bits per heavy atom. The van der Waals surface area contributed by atoms with E-state index in [9.17, 15) is 8.42 Å². The maximum Gasteiger partial charge on any atom is 0.262 e. The number of hydrogen-bond donors (Lipinski definition) is 2. The molecule has 0 saturated carbocycles. The van der Waals surface area contributed by atoms with Crippen molar-refractivity contribution in [2.24, 2.45) is 0 Å². The van der Waals surface area contributed by atoms with Gasteiger partial charge in [0.2, 0.25) is 0 Å². The molecule has 0 radical (unpaired) electrons. The summed E-state index contributed by atoms with van der Waals surface area (Å²) in [7, 11) is -3.75. The van der Waals surface area contributed by atoms with E-state index in [0.717, 1.165) is 11.1 Å². The summed E-state index contributed by atoms with van der Waals surface area (Å²) < 4.78 is 30.4. The number of fused-ring (bicyclic) bond motifs is 1. The smallest absolute Gasteiger partial charge is 0.262 e. The minimum Gasteiger partial charge on any atom is -0.340 e. The number of benzene rings is 3. The molecule has 5 rings (SSSR count). The molecule has 0 unspecified atom stereocenters. The van der Waals surface area contributed by atoms with Gasteiger partial charge in [0, 0.05) is 35.2 Å². The molecule has 8 nitrogen and oxygen atoms in total. The lowest BCUT2D eigenvalue weighted by Gasteiger charge is -2.12. The van der Waals surface area contributed by atoms with Crippen molar-refractivity contribution in [3.05, 3.63) is 97.1 Å². The SMILES string of the molecule is Cc1nc(Nc2ccc(NS(=O)(=O)c3cccc4ccccc34)cc2)cc(-n2cccn2)n1. The first kappa shape index (κ1) is 20.7. The molecule has 0 bridgehead atoms. The van der Waals surface area contributed by atoms with Crippen LogP contribution in [-0.2, 0) is 10.0 Å². The van der Waals surface area contributed by atoms with Gasteiger partial charge in [0.1, 0.15) is 11.6 Å². The molecular formula is C24H20N6O2S. The maximum absolute atomic E-state index is 13.0. The molecule has 2 aromatic heterocycles. The van der Waals surface area contributed by atoms with Gasteiger partial charge in [-0.05, 0) is 48.7 Å². The van der Waals surface area contributed by atoms with E-state index in [1.165, 1.54) is 0 Å². The topological polar surface area (TPSA) is 102 Å². The summed E-state index contributed by atoms with van der Waals surface area (Å²) in [6.07, 6.45) is 3.49. The molecule has 0 aliphatic rings. The average molecular weight is 457 g/mol. The zero-order valence-corrected chi connectivity index (χ0v) is 18.5. The lowest BCUT2D eigenvalue weighted by Crippen LogP contribution is -2.13. The van der Waals surface area contributed by atoms with Gasteiger partial charge in [0.15, 0.2) is 5.82 Å². The second kappa shape index (κ2) is 8.36. The maximum atomic E-state index is 13.0. The summed E-state index contributed by atoms with van der Waals surface area (Å²) in [5.41, 5.74) is 1.22. The van der Waals surface area contributed by atoms with E-state index >= 15 is 0 Å². The summed E-state index contributed by atoms with van der Waals surface area (Å²) in [6, 6.07) is 23.2. The molecule has 3 aromatic carbocycles. The molecule has 33 heavy (non-hydrogen) atoms. The van der Waals surface area contributed by atoms with E-state index in [1.807, 2.05) is 43.5 Å². The third kappa shape index (κ3) is 4.39. The molecule has 0 saturated heterocycles. The lowest BCUT2D eigenvalue weighted by atomic mass is 10.1. The van der Waals surface area contributed by atoms with E-state index in [1.54, 1.807) is 59.4 Å². The van der Waals surface area contributed by atoms with Crippen LogP contribution in [0.3, 0.4) is 0 Å². The molecule has 164 valence electrons. The van der Waals surface area contributed by atoms with Crippen LogP contribution in [0.15, 0.2) is 96.2 Å². The van der Waals surface area contributed by atoms with Gasteiger partial charge in [-0.2, -0.15) is 5.10 Å². The van der Waals surface area contributed by atoms with Crippen molar-refractivity contribution in [2.45, 2.75) is 11.8 Å². The summed E-state index contributed by atoms with van der Waals surface area (Å²) >= 11 is 0. The Balaban J connectivity index is 1.36. The molecule has 5 aromatic rings. The first-order valence-electron chi connectivity index (χ1n) is 10.2. The van der Waals surface area contributed by atoms with Crippen LogP contribution in [0.1, 0.15) is 5.82 Å². The Kier molecular flexibility index (Phi) is 5.23. The van der Waals surface area contributed by atoms with Gasteiger partial charge in [0.25, 0.3) is 10.0 Å². The quantitative estimate of drug-likeness (QED) is 0.385. The van der Waals surface area contributed by atoms with Crippen LogP contribution in [0.25, 0.3) is 16.6 Å². The van der Waals surface area contributed by atoms with Gasteiger partial charge < -0.3 is 5.32 Å². The van der Waals surface area contributed by atoms with E-state index in [4.69, 9.17) is 0 Å². The van der Waals surface area contributed by atoms with E-state index < -0.39 is 10.0 Å². The molecule has 0 aliphatic carbocycles. The molecule has 0 spiro atoms. The van der Waals surface area contributed by atoms with Crippen LogP contribution in [0.4, 0.5) is 17.2 Å². The van der Waals surface area contributed by atoms with Crippen molar-refractivity contribution in [3.63, 3.8) is 0 Å². The van der Waals surface area contributed by atoms with Gasteiger partial charge in [-0.3, -0.25) is 4.72 Å². The van der Waals surface area contributed by atoms with Crippen molar-refractivity contribution in [3.8, 4) is 5.82 Å². The Hall–Kier alpha value is -4.24. The van der Waals surface area contributed by atoms with Crippen LogP contribution < -0.4 is 10.0 Å². The number of nitrogens with zero attached hydrogens (tertiary/aromatic N) is 4. The first-order chi connectivity index (χ1) is 16.0. The fourth-order valence-corrected chi connectivity index (χ4v) is 4.84. The largest absolute Gasteiger partial charge is 0.340 e. The summed E-state index contributed by atoms with van der Waals surface area (Å²) in [6.45, 7) is 1.81. The van der Waals surface area contributed by atoms with Crippen LogP contribution in [-0.4, -0.2) is 28.2 Å². The second-order valence-corrected chi connectivity index (χ2v) is 9.05. The first-order valence-corrected chi connectivity index (χ1v) is 11.7. The van der Waals surface area contributed by atoms with Crippen LogP contribution in [0, 0.1) is 6.92 Å². The van der Waals surface area contributed by atoms with Crippen molar-refractivity contribution in [1.82, 2.24) is 19.7 Å². The van der Waals surface area contributed by atoms with Gasteiger partial charge in [-0.25, -0.2) is 23.1 Å². The molecule has 0 atom stereocenters. The predicted molar refractivity (Wildman–Crippen MR) is 128 cm³/mol. The number of aryl methyl sites for hydroxylation is 1. The molecule has 0 aliphatic heterocycles. The van der Waals surface area contributed by atoms with E-state index in [-0.39, 0.29) is 4.90 Å². The van der Waals surface area contributed by atoms with Crippen LogP contribution in [0.2, 0.25) is 0 Å². The highest BCUT2D eigenvalue weighted by atomic mass is 32.2. The fourth-order valence-electron chi connectivity index (χ4n) is 3.55. The molecule has 0 fully saturated rings. The fraction of sp³-hybridized carbons (Fsp3) is 0.0417. The Morgan fingerprint density at radius 3 is 2.39 bits per heavy atom. The number of anilines is 3. The van der Waals surface area contributed by atoms with Crippen LogP contribution in [0.5, 0.6) is 0 Å². The Labute approximate surface area is 191 Å². The molecule has 0 amide bonds. The normalized spacial score (nSPS) is 11.4. The molecule has 2 N–H and O–H groups in total. The van der Waals surface area contributed by atoms with E-state index in [2.05, 4.69) is 25.1 Å². The summed E-state index contributed by atoms with van der Waals surface area (Å²) in [5.74, 6) is 1.86. The Morgan fingerprint density at radius 1 is 0.848 bits per heavy atom. The summed E-state index contributed by atoms with van der Waals surface area (Å²) in [5, 5.41) is 8.97. The number of nitrogens with one attached hydrogen (secondary N) is 2. The number of aromatic nitrogens is 4. The number of rotatable bonds is 6. The second-order valence-electron chi connectivity index (χ2n) is 7.39. The lowest BCUT2D eigenvalue weighted by molar-refractivity contribution is 0.602. The van der Waals surface area contributed by atoms with Gasteiger partial charge in [0.05, 0.1) is 4.90 Å². The highest BCUT2D eigenvalue weighted by molar-refractivity contribution is 7.93. The van der Waals surface area contributed by atoms with Gasteiger partial charge in [-0.1, -0.05) is 36.4 Å². The summed E-state index contributed by atoms with van der Waals surface area (Å²) in [4.78, 5) is 9.05. The zero-order chi connectivity index (χ0) is 22.8. The van der Waals surface area contributed by atoms with Gasteiger partial charge >= 0.3 is 0 Å². The van der Waals surface area contributed by atoms with Crippen molar-refractivity contribution >= 4 is 38.0 Å². The monoisotopic (exact) mass is 456 g/mol. The zero-order valence-electron chi connectivity index (χ0n) is 17.7. The van der Waals surface area contributed by atoms with E-state index in [0.29, 0.717) is 28.5 Å². The Bertz CT molecular complexity index is 1530. The minimum atomic E-state index is -3.75. The van der Waals surface area contributed by atoms with Crippen molar-refractivity contribution in [1.29, 1.82) is 0 Å². The minimum absolute atomic E-state index is 0.241. The van der Waals surface area contributed by atoms with Crippen molar-refractivity contribution < 1.29 is 8.42 Å².